The first-order valence-electron chi connectivity index (χ1n) is 9.37. The standard InChI is InChI=1S/C25H22O5/c1-28-23-11-7-6-10-21(23)16-22(19-8-4-3-5-9-19)25(27)30-17-18-12-14-20(15-13-18)24(26)29-2/h3-16H,17H2,1-2H3. The van der Waals surface area contributed by atoms with E-state index < -0.39 is 11.9 Å². The molecule has 0 aliphatic heterocycles. The fraction of sp³-hybridized carbons (Fsp3) is 0.120. The van der Waals surface area contributed by atoms with Crippen molar-refractivity contribution >= 4 is 23.6 Å². The second-order valence-corrected chi connectivity index (χ2v) is 6.43. The summed E-state index contributed by atoms with van der Waals surface area (Å²) in [4.78, 5) is 24.5. The summed E-state index contributed by atoms with van der Waals surface area (Å²) in [5, 5.41) is 0. The van der Waals surface area contributed by atoms with E-state index in [4.69, 9.17) is 9.47 Å². The van der Waals surface area contributed by atoms with E-state index in [-0.39, 0.29) is 6.61 Å². The zero-order valence-corrected chi connectivity index (χ0v) is 16.8. The third-order valence-corrected chi connectivity index (χ3v) is 4.49. The van der Waals surface area contributed by atoms with Crippen LogP contribution in [0, 0.1) is 0 Å². The number of para-hydroxylation sites is 1. The van der Waals surface area contributed by atoms with Gasteiger partial charge in [0.1, 0.15) is 12.4 Å². The molecular formula is C25H22O5. The minimum absolute atomic E-state index is 0.0797. The molecule has 0 fully saturated rings. The largest absolute Gasteiger partial charge is 0.496 e. The van der Waals surface area contributed by atoms with Gasteiger partial charge in [-0.05, 0) is 35.4 Å². The van der Waals surface area contributed by atoms with Gasteiger partial charge < -0.3 is 14.2 Å². The molecule has 5 nitrogen and oxygen atoms in total. The number of hydrogen-bond acceptors (Lipinski definition) is 5. The van der Waals surface area contributed by atoms with E-state index in [2.05, 4.69) is 4.74 Å². The van der Waals surface area contributed by atoms with Crippen LogP contribution >= 0.6 is 0 Å². The molecule has 0 aliphatic carbocycles. The van der Waals surface area contributed by atoms with Crippen LogP contribution in [0.2, 0.25) is 0 Å². The highest BCUT2D eigenvalue weighted by molar-refractivity contribution is 6.21. The molecular weight excluding hydrogens is 380 g/mol. The lowest BCUT2D eigenvalue weighted by Crippen LogP contribution is -2.08. The van der Waals surface area contributed by atoms with Gasteiger partial charge in [-0.25, -0.2) is 9.59 Å². The van der Waals surface area contributed by atoms with Crippen LogP contribution in [-0.2, 0) is 20.9 Å². The average Bonchev–Trinajstić information content (AvgIpc) is 2.81. The minimum Gasteiger partial charge on any atom is -0.496 e. The Labute approximate surface area is 175 Å². The molecule has 0 saturated carbocycles. The molecule has 0 atom stereocenters. The molecule has 0 heterocycles. The van der Waals surface area contributed by atoms with Gasteiger partial charge in [0.25, 0.3) is 0 Å². The molecule has 3 rings (SSSR count). The quantitative estimate of drug-likeness (QED) is 0.324. The van der Waals surface area contributed by atoms with Crippen LogP contribution in [0.4, 0.5) is 0 Å². The minimum atomic E-state index is -0.454. The second-order valence-electron chi connectivity index (χ2n) is 6.43. The van der Waals surface area contributed by atoms with E-state index >= 15 is 0 Å². The number of rotatable bonds is 7. The highest BCUT2D eigenvalue weighted by Gasteiger charge is 2.15. The predicted octanol–water partition coefficient (Wildman–Crippen LogP) is 4.77. The number of carbonyl (C=O) groups is 2. The molecule has 3 aromatic rings. The zero-order chi connectivity index (χ0) is 21.3. The number of carbonyl (C=O) groups excluding carboxylic acids is 2. The normalized spacial score (nSPS) is 10.9. The lowest BCUT2D eigenvalue weighted by Gasteiger charge is -2.11. The Kier molecular flexibility index (Phi) is 7.00. The van der Waals surface area contributed by atoms with Gasteiger partial charge in [-0.15, -0.1) is 0 Å². The van der Waals surface area contributed by atoms with Crippen LogP contribution < -0.4 is 4.74 Å². The van der Waals surface area contributed by atoms with E-state index in [0.717, 1.165) is 16.7 Å². The molecule has 0 radical (unpaired) electrons. The molecule has 0 N–H and O–H groups in total. The molecule has 0 aliphatic rings. The Balaban J connectivity index is 1.83. The molecule has 152 valence electrons. The summed E-state index contributed by atoms with van der Waals surface area (Å²) in [6.45, 7) is 0.0797. The molecule has 0 saturated heterocycles. The zero-order valence-electron chi connectivity index (χ0n) is 16.8. The maximum absolute atomic E-state index is 12.9. The van der Waals surface area contributed by atoms with Crippen molar-refractivity contribution in [1.29, 1.82) is 0 Å². The van der Waals surface area contributed by atoms with E-state index in [1.165, 1.54) is 7.11 Å². The van der Waals surface area contributed by atoms with Gasteiger partial charge in [0.2, 0.25) is 0 Å². The van der Waals surface area contributed by atoms with Crippen molar-refractivity contribution in [2.45, 2.75) is 6.61 Å². The van der Waals surface area contributed by atoms with Gasteiger partial charge in [-0.3, -0.25) is 0 Å². The SMILES string of the molecule is COC(=O)c1ccc(COC(=O)C(=Cc2ccccc2OC)c2ccccc2)cc1. The van der Waals surface area contributed by atoms with Gasteiger partial charge in [0.15, 0.2) is 0 Å². The van der Waals surface area contributed by atoms with Crippen LogP contribution in [0.15, 0.2) is 78.9 Å². The maximum atomic E-state index is 12.9. The van der Waals surface area contributed by atoms with E-state index in [1.54, 1.807) is 37.5 Å². The van der Waals surface area contributed by atoms with Crippen molar-refractivity contribution in [3.05, 3.63) is 101 Å². The molecule has 3 aromatic carbocycles. The summed E-state index contributed by atoms with van der Waals surface area (Å²) in [5.41, 5.74) is 3.15. The molecule has 0 aromatic heterocycles. The van der Waals surface area contributed by atoms with Gasteiger partial charge in [-0.2, -0.15) is 0 Å². The smallest absolute Gasteiger partial charge is 0.339 e. The Bertz CT molecular complexity index is 1040. The fourth-order valence-corrected chi connectivity index (χ4v) is 2.90. The van der Waals surface area contributed by atoms with E-state index in [0.29, 0.717) is 16.9 Å². The number of benzene rings is 3. The molecule has 0 bridgehead atoms. The van der Waals surface area contributed by atoms with Crippen molar-refractivity contribution in [1.82, 2.24) is 0 Å². The Morgan fingerprint density at radius 1 is 0.800 bits per heavy atom. The predicted molar refractivity (Wildman–Crippen MR) is 115 cm³/mol. The topological polar surface area (TPSA) is 61.8 Å². The van der Waals surface area contributed by atoms with Crippen molar-refractivity contribution in [2.75, 3.05) is 14.2 Å². The summed E-state index contributed by atoms with van der Waals surface area (Å²) in [5.74, 6) is -0.203. The number of ether oxygens (including phenoxy) is 3. The van der Waals surface area contributed by atoms with Crippen molar-refractivity contribution in [3.63, 3.8) is 0 Å². The van der Waals surface area contributed by atoms with Gasteiger partial charge in [0, 0.05) is 5.56 Å². The fourth-order valence-electron chi connectivity index (χ4n) is 2.90. The second kappa shape index (κ2) is 10.1. The summed E-state index contributed by atoms with van der Waals surface area (Å²) in [6, 6.07) is 23.5. The van der Waals surface area contributed by atoms with Crippen LogP contribution in [0.25, 0.3) is 11.6 Å². The first-order valence-corrected chi connectivity index (χ1v) is 9.37. The number of hydrogen-bond donors (Lipinski definition) is 0. The van der Waals surface area contributed by atoms with Gasteiger partial charge in [-0.1, -0.05) is 60.7 Å². The summed E-state index contributed by atoms with van der Waals surface area (Å²) >= 11 is 0. The van der Waals surface area contributed by atoms with E-state index in [1.807, 2.05) is 54.6 Å². The lowest BCUT2D eigenvalue weighted by molar-refractivity contribution is -0.137. The molecule has 30 heavy (non-hydrogen) atoms. The third kappa shape index (κ3) is 5.14. The Morgan fingerprint density at radius 3 is 2.13 bits per heavy atom. The first kappa shape index (κ1) is 20.9. The molecule has 0 spiro atoms. The van der Waals surface area contributed by atoms with E-state index in [9.17, 15) is 9.59 Å². The van der Waals surface area contributed by atoms with Gasteiger partial charge >= 0.3 is 11.9 Å². The van der Waals surface area contributed by atoms with Crippen LogP contribution in [0.5, 0.6) is 5.75 Å². The first-order chi connectivity index (χ1) is 14.6. The summed E-state index contributed by atoms with van der Waals surface area (Å²) in [7, 11) is 2.92. The number of esters is 2. The third-order valence-electron chi connectivity index (χ3n) is 4.49. The Morgan fingerprint density at radius 2 is 1.47 bits per heavy atom. The lowest BCUT2D eigenvalue weighted by atomic mass is 10.0. The van der Waals surface area contributed by atoms with Crippen molar-refractivity contribution in [2.24, 2.45) is 0 Å². The van der Waals surface area contributed by atoms with Crippen LogP contribution in [-0.4, -0.2) is 26.2 Å². The van der Waals surface area contributed by atoms with Crippen LogP contribution in [0.3, 0.4) is 0 Å². The maximum Gasteiger partial charge on any atom is 0.339 e. The van der Waals surface area contributed by atoms with Gasteiger partial charge in [0.05, 0.1) is 25.4 Å². The Hall–Kier alpha value is -3.86. The highest BCUT2D eigenvalue weighted by atomic mass is 16.5. The molecule has 0 amide bonds. The number of methoxy groups -OCH3 is 2. The monoisotopic (exact) mass is 402 g/mol. The molecule has 5 heteroatoms. The van der Waals surface area contributed by atoms with Crippen molar-refractivity contribution < 1.29 is 23.8 Å². The van der Waals surface area contributed by atoms with Crippen LogP contribution in [0.1, 0.15) is 27.0 Å². The summed E-state index contributed by atoms with van der Waals surface area (Å²) < 4.78 is 15.6. The van der Waals surface area contributed by atoms with Crippen molar-refractivity contribution in [3.8, 4) is 5.75 Å². The summed E-state index contributed by atoms with van der Waals surface area (Å²) in [6.07, 6.45) is 1.76. The average molecular weight is 402 g/mol. The molecule has 0 unspecified atom stereocenters. The highest BCUT2D eigenvalue weighted by Crippen LogP contribution is 2.25.